The first-order valence-electron chi connectivity index (χ1n) is 6.49. The van der Waals surface area contributed by atoms with E-state index in [-0.39, 0.29) is 5.41 Å². The molecule has 1 nitrogen and oxygen atoms in total. The second kappa shape index (κ2) is 3.73. The molecule has 4 atom stereocenters. The van der Waals surface area contributed by atoms with Crippen molar-refractivity contribution < 1.29 is 5.11 Å². The highest BCUT2D eigenvalue weighted by Gasteiger charge is 2.54. The average molecular weight is 220 g/mol. The number of fused-ring (bicyclic) bond motifs is 1. The highest BCUT2D eigenvalue weighted by atomic mass is 16.3. The van der Waals surface area contributed by atoms with Gasteiger partial charge in [0.05, 0.1) is 5.60 Å². The molecule has 0 saturated heterocycles. The molecule has 0 aromatic carbocycles. The first kappa shape index (κ1) is 11.9. The third kappa shape index (κ3) is 1.41. The van der Waals surface area contributed by atoms with Crippen molar-refractivity contribution in [1.29, 1.82) is 0 Å². The molecule has 0 unspecified atom stereocenters. The van der Waals surface area contributed by atoms with Gasteiger partial charge in [-0.25, -0.2) is 0 Å². The fraction of sp³-hybridized carbons (Fsp3) is 0.733. The standard InChI is InChI=1S/C15H24O/c1-5-14(4)11(2)9-10-15(16)12(3)7-6-8-13(14)15/h5,11,13,16H,1,3,6-10H2,2,4H3/t11-,13-,14+,15-/m0/s1. The molecule has 2 fully saturated rings. The molecule has 0 spiro atoms. The fourth-order valence-corrected chi connectivity index (χ4v) is 3.83. The van der Waals surface area contributed by atoms with Crippen LogP contribution in [0.2, 0.25) is 0 Å². The van der Waals surface area contributed by atoms with Crippen molar-refractivity contribution in [2.45, 2.75) is 51.6 Å². The fourth-order valence-electron chi connectivity index (χ4n) is 3.83. The summed E-state index contributed by atoms with van der Waals surface area (Å²) in [6.07, 6.45) is 7.32. The molecular weight excluding hydrogens is 196 g/mol. The SMILES string of the molecule is C=C[C@]1(C)[C@@H](C)CC[C@]2(O)C(=C)CCC[C@@H]12. The summed E-state index contributed by atoms with van der Waals surface area (Å²) in [5, 5.41) is 10.9. The molecular formula is C15H24O. The summed E-state index contributed by atoms with van der Waals surface area (Å²) < 4.78 is 0. The van der Waals surface area contributed by atoms with E-state index in [4.69, 9.17) is 0 Å². The van der Waals surface area contributed by atoms with Gasteiger partial charge in [0.2, 0.25) is 0 Å². The van der Waals surface area contributed by atoms with Crippen LogP contribution in [0, 0.1) is 17.3 Å². The number of aliphatic hydroxyl groups is 1. The van der Waals surface area contributed by atoms with Gasteiger partial charge >= 0.3 is 0 Å². The molecule has 0 aromatic heterocycles. The maximum absolute atomic E-state index is 10.9. The zero-order valence-corrected chi connectivity index (χ0v) is 10.6. The van der Waals surface area contributed by atoms with Gasteiger partial charge in [-0.05, 0) is 49.0 Å². The second-order valence-corrected chi connectivity index (χ2v) is 5.98. The molecule has 2 rings (SSSR count). The quantitative estimate of drug-likeness (QED) is 0.668. The Morgan fingerprint density at radius 1 is 1.44 bits per heavy atom. The van der Waals surface area contributed by atoms with E-state index >= 15 is 0 Å². The molecule has 1 N–H and O–H groups in total. The summed E-state index contributed by atoms with van der Waals surface area (Å²) in [6, 6.07) is 0. The van der Waals surface area contributed by atoms with Gasteiger partial charge < -0.3 is 5.11 Å². The summed E-state index contributed by atoms with van der Waals surface area (Å²) >= 11 is 0. The molecule has 0 radical (unpaired) electrons. The number of hydrogen-bond donors (Lipinski definition) is 1. The van der Waals surface area contributed by atoms with Crippen molar-refractivity contribution in [3.8, 4) is 0 Å². The summed E-state index contributed by atoms with van der Waals surface area (Å²) in [5.74, 6) is 0.934. The van der Waals surface area contributed by atoms with E-state index < -0.39 is 5.60 Å². The molecule has 0 bridgehead atoms. The average Bonchev–Trinajstić information content (AvgIpc) is 2.27. The van der Waals surface area contributed by atoms with Gasteiger partial charge in [-0.2, -0.15) is 0 Å². The van der Waals surface area contributed by atoms with Gasteiger partial charge in [-0.1, -0.05) is 26.5 Å². The smallest absolute Gasteiger partial charge is 0.0890 e. The van der Waals surface area contributed by atoms with Crippen LogP contribution in [0.1, 0.15) is 46.0 Å². The zero-order chi connectivity index (χ0) is 12.0. The van der Waals surface area contributed by atoms with E-state index in [2.05, 4.69) is 33.1 Å². The number of allylic oxidation sites excluding steroid dienone is 1. The van der Waals surface area contributed by atoms with Crippen molar-refractivity contribution in [2.75, 3.05) is 0 Å². The normalized spacial score (nSPS) is 48.6. The van der Waals surface area contributed by atoms with E-state index in [0.29, 0.717) is 11.8 Å². The predicted octanol–water partition coefficient (Wildman–Crippen LogP) is 3.70. The van der Waals surface area contributed by atoms with Crippen LogP contribution in [0.4, 0.5) is 0 Å². The van der Waals surface area contributed by atoms with Gasteiger partial charge in [-0.3, -0.25) is 0 Å². The Hall–Kier alpha value is -0.560. The van der Waals surface area contributed by atoms with E-state index in [1.165, 1.54) is 6.42 Å². The summed E-state index contributed by atoms with van der Waals surface area (Å²) in [4.78, 5) is 0. The first-order valence-corrected chi connectivity index (χ1v) is 6.49. The highest BCUT2D eigenvalue weighted by molar-refractivity contribution is 5.24. The van der Waals surface area contributed by atoms with Crippen LogP contribution in [0.15, 0.2) is 24.8 Å². The lowest BCUT2D eigenvalue weighted by molar-refractivity contribution is -0.102. The van der Waals surface area contributed by atoms with Gasteiger partial charge in [0.15, 0.2) is 0 Å². The molecule has 2 saturated carbocycles. The summed E-state index contributed by atoms with van der Waals surface area (Å²) in [5.41, 5.74) is 0.507. The van der Waals surface area contributed by atoms with Crippen LogP contribution in [-0.4, -0.2) is 10.7 Å². The topological polar surface area (TPSA) is 20.2 Å². The minimum atomic E-state index is -0.617. The van der Waals surface area contributed by atoms with Gasteiger partial charge in [0.25, 0.3) is 0 Å². The zero-order valence-electron chi connectivity index (χ0n) is 10.6. The van der Waals surface area contributed by atoms with Crippen molar-refractivity contribution >= 4 is 0 Å². The van der Waals surface area contributed by atoms with Crippen molar-refractivity contribution in [3.63, 3.8) is 0 Å². The lowest BCUT2D eigenvalue weighted by atomic mass is 9.51. The molecule has 0 aliphatic heterocycles. The molecule has 16 heavy (non-hydrogen) atoms. The molecule has 90 valence electrons. The van der Waals surface area contributed by atoms with Crippen molar-refractivity contribution in [2.24, 2.45) is 17.3 Å². The van der Waals surface area contributed by atoms with Crippen LogP contribution in [0.5, 0.6) is 0 Å². The minimum Gasteiger partial charge on any atom is -0.385 e. The van der Waals surface area contributed by atoms with E-state index in [9.17, 15) is 5.11 Å². The maximum Gasteiger partial charge on any atom is 0.0890 e. The summed E-state index contributed by atoms with van der Waals surface area (Å²) in [6.45, 7) is 12.7. The van der Waals surface area contributed by atoms with Gasteiger partial charge in [0.1, 0.15) is 0 Å². The molecule has 2 aliphatic rings. The molecule has 1 heteroatoms. The molecule has 0 aromatic rings. The molecule has 2 aliphatic carbocycles. The highest BCUT2D eigenvalue weighted by Crippen LogP contribution is 2.57. The first-order chi connectivity index (χ1) is 7.45. The van der Waals surface area contributed by atoms with E-state index in [1.54, 1.807) is 0 Å². The Labute approximate surface area is 99.3 Å². The van der Waals surface area contributed by atoms with Gasteiger partial charge in [0, 0.05) is 5.92 Å². The maximum atomic E-state index is 10.9. The van der Waals surface area contributed by atoms with Crippen LogP contribution in [0.25, 0.3) is 0 Å². The largest absolute Gasteiger partial charge is 0.385 e. The Morgan fingerprint density at radius 2 is 2.12 bits per heavy atom. The van der Waals surface area contributed by atoms with Crippen LogP contribution in [-0.2, 0) is 0 Å². The van der Waals surface area contributed by atoms with Crippen LogP contribution >= 0.6 is 0 Å². The van der Waals surface area contributed by atoms with E-state index in [1.807, 2.05) is 0 Å². The Bertz CT molecular complexity index is 315. The minimum absolute atomic E-state index is 0.0658. The Balaban J connectivity index is 2.41. The number of hydrogen-bond acceptors (Lipinski definition) is 1. The summed E-state index contributed by atoms with van der Waals surface area (Å²) in [7, 11) is 0. The number of rotatable bonds is 1. The van der Waals surface area contributed by atoms with Crippen LogP contribution < -0.4 is 0 Å². The monoisotopic (exact) mass is 220 g/mol. The van der Waals surface area contributed by atoms with E-state index in [0.717, 1.165) is 31.3 Å². The lowest BCUT2D eigenvalue weighted by Gasteiger charge is -2.56. The predicted molar refractivity (Wildman–Crippen MR) is 68.1 cm³/mol. The third-order valence-corrected chi connectivity index (χ3v) is 5.37. The third-order valence-electron chi connectivity index (χ3n) is 5.37. The molecule has 0 heterocycles. The second-order valence-electron chi connectivity index (χ2n) is 5.98. The Morgan fingerprint density at radius 3 is 2.75 bits per heavy atom. The lowest BCUT2D eigenvalue weighted by Crippen LogP contribution is -2.55. The van der Waals surface area contributed by atoms with Crippen molar-refractivity contribution in [1.82, 2.24) is 0 Å². The van der Waals surface area contributed by atoms with Gasteiger partial charge in [-0.15, -0.1) is 6.58 Å². The van der Waals surface area contributed by atoms with Crippen LogP contribution in [0.3, 0.4) is 0 Å². The van der Waals surface area contributed by atoms with Crippen molar-refractivity contribution in [3.05, 3.63) is 24.8 Å². The Kier molecular flexibility index (Phi) is 2.78. The molecule has 0 amide bonds.